The number of carbonyl (C=O) groups is 1. The van der Waals surface area contributed by atoms with Gasteiger partial charge in [0.05, 0.1) is 0 Å². The van der Waals surface area contributed by atoms with Crippen molar-refractivity contribution >= 4 is 41.6 Å². The molecule has 1 unspecified atom stereocenters. The number of hydrogen-bond acceptors (Lipinski definition) is 2. The van der Waals surface area contributed by atoms with Crippen LogP contribution >= 0.6 is 35.6 Å². The predicted molar refractivity (Wildman–Crippen MR) is 74.9 cm³/mol. The van der Waals surface area contributed by atoms with Gasteiger partial charge in [0.1, 0.15) is 6.04 Å². The van der Waals surface area contributed by atoms with Crippen molar-refractivity contribution in [3.05, 3.63) is 33.8 Å². The maximum absolute atomic E-state index is 11.0. The summed E-state index contributed by atoms with van der Waals surface area (Å²) >= 11 is 11.9. The van der Waals surface area contributed by atoms with Gasteiger partial charge in [0.15, 0.2) is 0 Å². The Bertz CT molecular complexity index is 439. The van der Waals surface area contributed by atoms with E-state index >= 15 is 0 Å². The van der Waals surface area contributed by atoms with Crippen LogP contribution in [0.5, 0.6) is 0 Å². The molecule has 0 aromatic heterocycles. The first-order chi connectivity index (χ1) is 8.08. The van der Waals surface area contributed by atoms with Crippen LogP contribution in [-0.4, -0.2) is 23.7 Å². The molecule has 2 rings (SSSR count). The van der Waals surface area contributed by atoms with Crippen LogP contribution in [0.4, 0.5) is 0 Å². The van der Waals surface area contributed by atoms with Crippen molar-refractivity contribution in [2.45, 2.75) is 18.9 Å². The fraction of sp³-hybridized carbons (Fsp3) is 0.417. The van der Waals surface area contributed by atoms with Gasteiger partial charge in [0.25, 0.3) is 0 Å². The van der Waals surface area contributed by atoms with Gasteiger partial charge in [0.2, 0.25) is 0 Å². The van der Waals surface area contributed by atoms with Gasteiger partial charge in [-0.05, 0) is 43.0 Å². The second-order valence-corrected chi connectivity index (χ2v) is 5.10. The number of hydrogen-bond donors (Lipinski definition) is 2. The van der Waals surface area contributed by atoms with Crippen molar-refractivity contribution in [3.63, 3.8) is 0 Å². The molecule has 1 aromatic carbocycles. The van der Waals surface area contributed by atoms with Crippen LogP contribution < -0.4 is 5.32 Å². The monoisotopic (exact) mass is 309 g/mol. The number of aliphatic carboxylic acids is 1. The molecule has 0 aliphatic carbocycles. The lowest BCUT2D eigenvalue weighted by atomic mass is 9.92. The molecule has 0 amide bonds. The zero-order chi connectivity index (χ0) is 12.4. The van der Waals surface area contributed by atoms with E-state index < -0.39 is 12.0 Å². The summed E-state index contributed by atoms with van der Waals surface area (Å²) in [5.41, 5.74) is 0.955. The summed E-state index contributed by atoms with van der Waals surface area (Å²) in [6.45, 7) is 0.743. The van der Waals surface area contributed by atoms with Gasteiger partial charge in [-0.15, -0.1) is 12.4 Å². The molecule has 100 valence electrons. The molecule has 1 heterocycles. The largest absolute Gasteiger partial charge is 0.480 e. The molecule has 2 N–H and O–H groups in total. The van der Waals surface area contributed by atoms with Gasteiger partial charge in [-0.2, -0.15) is 0 Å². The van der Waals surface area contributed by atoms with Crippen LogP contribution in [0.15, 0.2) is 18.2 Å². The smallest absolute Gasteiger partial charge is 0.320 e. The summed E-state index contributed by atoms with van der Waals surface area (Å²) in [6.07, 6.45) is 1.52. The molecule has 0 spiro atoms. The highest BCUT2D eigenvalue weighted by molar-refractivity contribution is 6.35. The average Bonchev–Trinajstić information content (AvgIpc) is 2.70. The fourth-order valence-electron chi connectivity index (χ4n) is 2.24. The second-order valence-electron chi connectivity index (χ2n) is 4.26. The van der Waals surface area contributed by atoms with Crippen LogP contribution in [0, 0.1) is 5.92 Å². The summed E-state index contributed by atoms with van der Waals surface area (Å²) in [4.78, 5) is 11.0. The highest BCUT2D eigenvalue weighted by Gasteiger charge is 2.32. The van der Waals surface area contributed by atoms with Crippen molar-refractivity contribution in [2.75, 3.05) is 6.54 Å². The van der Waals surface area contributed by atoms with E-state index in [2.05, 4.69) is 5.32 Å². The first-order valence-electron chi connectivity index (χ1n) is 5.48. The molecule has 1 aromatic rings. The van der Waals surface area contributed by atoms with Crippen molar-refractivity contribution in [1.29, 1.82) is 0 Å². The first-order valence-corrected chi connectivity index (χ1v) is 6.23. The summed E-state index contributed by atoms with van der Waals surface area (Å²) in [5, 5.41) is 13.2. The number of carboxylic acids is 1. The third-order valence-electron chi connectivity index (χ3n) is 3.11. The normalized spacial score (nSPS) is 22.6. The van der Waals surface area contributed by atoms with E-state index in [1.165, 1.54) is 0 Å². The third-order valence-corrected chi connectivity index (χ3v) is 3.70. The molecular weight excluding hydrogens is 296 g/mol. The lowest BCUT2D eigenvalue weighted by molar-refractivity contribution is -0.140. The minimum atomic E-state index is -0.794. The van der Waals surface area contributed by atoms with Gasteiger partial charge in [-0.3, -0.25) is 4.79 Å². The van der Waals surface area contributed by atoms with Crippen LogP contribution in [0.3, 0.4) is 0 Å². The Kier molecular flexibility index (Phi) is 5.73. The van der Waals surface area contributed by atoms with Gasteiger partial charge >= 0.3 is 5.97 Å². The van der Waals surface area contributed by atoms with Gasteiger partial charge in [0, 0.05) is 10.0 Å². The van der Waals surface area contributed by atoms with E-state index in [1.807, 2.05) is 6.07 Å². The molecule has 3 nitrogen and oxygen atoms in total. The molecule has 1 fully saturated rings. The minimum absolute atomic E-state index is 0. The van der Waals surface area contributed by atoms with E-state index in [9.17, 15) is 4.79 Å². The van der Waals surface area contributed by atoms with E-state index in [4.69, 9.17) is 28.3 Å². The van der Waals surface area contributed by atoms with Crippen LogP contribution in [-0.2, 0) is 11.2 Å². The number of halogens is 3. The Morgan fingerprint density at radius 2 is 2.17 bits per heavy atom. The van der Waals surface area contributed by atoms with Gasteiger partial charge in [-0.25, -0.2) is 0 Å². The molecular formula is C12H14Cl3NO2. The summed E-state index contributed by atoms with van der Waals surface area (Å²) < 4.78 is 0. The summed E-state index contributed by atoms with van der Waals surface area (Å²) in [5.74, 6) is -0.705. The van der Waals surface area contributed by atoms with Crippen molar-refractivity contribution in [1.82, 2.24) is 5.32 Å². The zero-order valence-electron chi connectivity index (χ0n) is 9.53. The highest BCUT2D eigenvalue weighted by atomic mass is 35.5. The Morgan fingerprint density at radius 1 is 1.44 bits per heavy atom. The van der Waals surface area contributed by atoms with E-state index in [0.29, 0.717) is 16.5 Å². The quantitative estimate of drug-likeness (QED) is 0.902. The Labute approximate surface area is 122 Å². The molecule has 0 radical (unpaired) electrons. The Hall–Kier alpha value is -0.480. The van der Waals surface area contributed by atoms with E-state index in [1.54, 1.807) is 12.1 Å². The summed E-state index contributed by atoms with van der Waals surface area (Å²) in [7, 11) is 0. The van der Waals surface area contributed by atoms with Crippen molar-refractivity contribution < 1.29 is 9.90 Å². The lowest BCUT2D eigenvalue weighted by Crippen LogP contribution is -2.36. The zero-order valence-corrected chi connectivity index (χ0v) is 11.9. The standard InChI is InChI=1S/C12H13Cl2NO2.ClH/c13-9-2-1-7(10(14)6-9)5-8-3-4-15-11(8)12(16)17;/h1-2,6,8,11,15H,3-5H2,(H,16,17);1H/t8?,11-;/m0./s1. The molecule has 0 bridgehead atoms. The predicted octanol–water partition coefficient (Wildman–Crippen LogP) is 3.02. The van der Waals surface area contributed by atoms with Crippen LogP contribution in [0.1, 0.15) is 12.0 Å². The summed E-state index contributed by atoms with van der Waals surface area (Å²) in [6, 6.07) is 4.86. The fourth-order valence-corrected chi connectivity index (χ4v) is 2.72. The van der Waals surface area contributed by atoms with Crippen molar-refractivity contribution in [3.8, 4) is 0 Å². The number of benzene rings is 1. The molecule has 6 heteroatoms. The molecule has 0 saturated carbocycles. The van der Waals surface area contributed by atoms with Crippen molar-refractivity contribution in [2.24, 2.45) is 5.92 Å². The van der Waals surface area contributed by atoms with E-state index in [0.717, 1.165) is 18.5 Å². The third kappa shape index (κ3) is 3.51. The number of carboxylic acid groups (broad SMARTS) is 1. The molecule has 1 aliphatic rings. The molecule has 1 aliphatic heterocycles. The van der Waals surface area contributed by atoms with Crippen LogP contribution in [0.2, 0.25) is 10.0 Å². The average molecular weight is 311 g/mol. The van der Waals surface area contributed by atoms with E-state index in [-0.39, 0.29) is 18.3 Å². The Balaban J connectivity index is 0.00000162. The maximum Gasteiger partial charge on any atom is 0.320 e. The molecule has 2 atom stereocenters. The molecule has 18 heavy (non-hydrogen) atoms. The van der Waals surface area contributed by atoms with Crippen LogP contribution in [0.25, 0.3) is 0 Å². The lowest BCUT2D eigenvalue weighted by Gasteiger charge is -2.16. The SMILES string of the molecule is Cl.O=C(O)[C@H]1NCCC1Cc1ccc(Cl)cc1Cl. The topological polar surface area (TPSA) is 49.3 Å². The number of nitrogens with one attached hydrogen (secondary N) is 1. The minimum Gasteiger partial charge on any atom is -0.480 e. The second kappa shape index (κ2) is 6.62. The Morgan fingerprint density at radius 3 is 2.78 bits per heavy atom. The first kappa shape index (κ1) is 15.6. The maximum atomic E-state index is 11.0. The van der Waals surface area contributed by atoms with Gasteiger partial charge in [-0.1, -0.05) is 29.3 Å². The molecule has 1 saturated heterocycles. The highest BCUT2D eigenvalue weighted by Crippen LogP contribution is 2.27. The number of rotatable bonds is 3. The van der Waals surface area contributed by atoms with Gasteiger partial charge < -0.3 is 10.4 Å².